The molecule has 16 heavy (non-hydrogen) atoms. The normalized spacial score (nSPS) is 18.9. The van der Waals surface area contributed by atoms with Crippen LogP contribution in [0.3, 0.4) is 0 Å². The zero-order chi connectivity index (χ0) is 10.8. The summed E-state index contributed by atoms with van der Waals surface area (Å²) in [6, 6.07) is 12.4. The number of para-hydroxylation sites is 1. The van der Waals surface area contributed by atoms with Crippen LogP contribution in [0.25, 0.3) is 0 Å². The van der Waals surface area contributed by atoms with E-state index in [4.69, 9.17) is 4.74 Å². The molecule has 0 spiro atoms. The Morgan fingerprint density at radius 3 is 3.00 bits per heavy atom. The van der Waals surface area contributed by atoms with Gasteiger partial charge >= 0.3 is 0 Å². The van der Waals surface area contributed by atoms with Gasteiger partial charge in [-0.15, -0.1) is 23.1 Å². The highest BCUT2D eigenvalue weighted by atomic mass is 32.2. The predicted octanol–water partition coefficient (Wildman–Crippen LogP) is 3.85. The summed E-state index contributed by atoms with van der Waals surface area (Å²) in [5.74, 6) is 2.01. The van der Waals surface area contributed by atoms with E-state index in [1.54, 1.807) is 11.3 Å². The van der Waals surface area contributed by atoms with Gasteiger partial charge in [-0.3, -0.25) is 0 Å². The van der Waals surface area contributed by atoms with Crippen LogP contribution in [0.2, 0.25) is 0 Å². The van der Waals surface area contributed by atoms with E-state index in [9.17, 15) is 0 Å². The minimum Gasteiger partial charge on any atom is -0.488 e. The van der Waals surface area contributed by atoms with Gasteiger partial charge in [-0.25, -0.2) is 0 Å². The number of ether oxygens (including phenoxy) is 1. The largest absolute Gasteiger partial charge is 0.488 e. The van der Waals surface area contributed by atoms with Crippen molar-refractivity contribution in [3.63, 3.8) is 0 Å². The van der Waals surface area contributed by atoms with Gasteiger partial charge in [-0.2, -0.15) is 0 Å². The molecule has 0 fully saturated rings. The molecule has 0 N–H and O–H groups in total. The third-order valence-corrected chi connectivity index (χ3v) is 4.40. The number of benzene rings is 1. The van der Waals surface area contributed by atoms with Crippen LogP contribution in [0.4, 0.5) is 0 Å². The van der Waals surface area contributed by atoms with Crippen LogP contribution in [-0.4, -0.2) is 11.9 Å². The SMILES string of the molecule is [CH](c1cccs1)C1CSc2ccccc2O1. The third-order valence-electron chi connectivity index (χ3n) is 2.42. The highest BCUT2D eigenvalue weighted by Gasteiger charge is 2.20. The number of hydrogen-bond acceptors (Lipinski definition) is 3. The molecule has 1 unspecified atom stereocenters. The van der Waals surface area contributed by atoms with Gasteiger partial charge in [0.05, 0.1) is 0 Å². The van der Waals surface area contributed by atoms with E-state index in [1.807, 2.05) is 23.9 Å². The highest BCUT2D eigenvalue weighted by Crippen LogP contribution is 2.36. The first-order valence-corrected chi connectivity index (χ1v) is 7.05. The van der Waals surface area contributed by atoms with E-state index < -0.39 is 0 Å². The molecule has 1 radical (unpaired) electrons. The number of thiophene rings is 1. The van der Waals surface area contributed by atoms with Crippen LogP contribution < -0.4 is 4.74 Å². The van der Waals surface area contributed by atoms with Crippen molar-refractivity contribution < 1.29 is 4.74 Å². The van der Waals surface area contributed by atoms with Crippen molar-refractivity contribution >= 4 is 23.1 Å². The van der Waals surface area contributed by atoms with Crippen molar-refractivity contribution in [2.45, 2.75) is 11.0 Å². The fourth-order valence-corrected chi connectivity index (χ4v) is 3.33. The summed E-state index contributed by atoms with van der Waals surface area (Å²) in [6.07, 6.45) is 2.40. The first kappa shape index (κ1) is 10.2. The fraction of sp³-hybridized carbons (Fsp3) is 0.154. The lowest BCUT2D eigenvalue weighted by atomic mass is 10.2. The first-order valence-electron chi connectivity index (χ1n) is 5.19. The van der Waals surface area contributed by atoms with Crippen molar-refractivity contribution in [3.8, 4) is 5.75 Å². The number of thioether (sulfide) groups is 1. The topological polar surface area (TPSA) is 9.23 Å². The Balaban J connectivity index is 1.73. The molecule has 1 aliphatic heterocycles. The molecule has 2 heterocycles. The zero-order valence-corrected chi connectivity index (χ0v) is 10.3. The fourth-order valence-electron chi connectivity index (χ4n) is 1.69. The zero-order valence-electron chi connectivity index (χ0n) is 8.63. The van der Waals surface area contributed by atoms with Crippen molar-refractivity contribution in [3.05, 3.63) is 53.1 Å². The molecule has 3 heteroatoms. The van der Waals surface area contributed by atoms with Gasteiger partial charge in [0.25, 0.3) is 0 Å². The summed E-state index contributed by atoms with van der Waals surface area (Å²) >= 11 is 3.62. The second-order valence-electron chi connectivity index (χ2n) is 3.60. The molecule has 1 aromatic carbocycles. The lowest BCUT2D eigenvalue weighted by molar-refractivity contribution is 0.250. The van der Waals surface area contributed by atoms with E-state index in [0.717, 1.165) is 11.5 Å². The molecule has 81 valence electrons. The Labute approximate surface area is 103 Å². The van der Waals surface area contributed by atoms with E-state index in [-0.39, 0.29) is 6.10 Å². The average molecular weight is 247 g/mol. The van der Waals surface area contributed by atoms with Gasteiger partial charge in [-0.05, 0) is 23.6 Å². The molecule has 1 atom stereocenters. The van der Waals surface area contributed by atoms with Crippen molar-refractivity contribution in [2.75, 3.05) is 5.75 Å². The van der Waals surface area contributed by atoms with Gasteiger partial charge in [-0.1, -0.05) is 18.2 Å². The van der Waals surface area contributed by atoms with Gasteiger partial charge in [0, 0.05) is 21.9 Å². The third kappa shape index (κ3) is 2.11. The molecule has 0 bridgehead atoms. The van der Waals surface area contributed by atoms with E-state index in [1.165, 1.54) is 9.77 Å². The Morgan fingerprint density at radius 2 is 2.12 bits per heavy atom. The molecule has 0 amide bonds. The number of fused-ring (bicyclic) bond motifs is 1. The standard InChI is InChI=1S/C13H11OS2/c1-2-6-13-12(5-1)14-10(9-16-13)8-11-4-3-7-15-11/h1-8,10H,9H2. The van der Waals surface area contributed by atoms with Crippen LogP contribution in [0, 0.1) is 6.42 Å². The van der Waals surface area contributed by atoms with Crippen LogP contribution in [0.15, 0.2) is 46.7 Å². The lowest BCUT2D eigenvalue weighted by Gasteiger charge is -2.24. The Bertz CT molecular complexity index is 465. The van der Waals surface area contributed by atoms with Gasteiger partial charge < -0.3 is 4.74 Å². The Morgan fingerprint density at radius 1 is 1.19 bits per heavy atom. The first-order chi connectivity index (χ1) is 7.92. The molecule has 2 aromatic rings. The molecule has 0 saturated carbocycles. The molecule has 0 saturated heterocycles. The van der Waals surface area contributed by atoms with Crippen LogP contribution in [0.1, 0.15) is 4.88 Å². The van der Waals surface area contributed by atoms with Crippen LogP contribution in [0.5, 0.6) is 5.75 Å². The second kappa shape index (κ2) is 4.52. The van der Waals surface area contributed by atoms with Crippen molar-refractivity contribution in [2.24, 2.45) is 0 Å². The van der Waals surface area contributed by atoms with Gasteiger partial charge in [0.1, 0.15) is 11.9 Å². The summed E-state index contributed by atoms with van der Waals surface area (Å²) in [4.78, 5) is 2.53. The van der Waals surface area contributed by atoms with Crippen LogP contribution >= 0.6 is 23.1 Å². The second-order valence-corrected chi connectivity index (χ2v) is 5.64. The van der Waals surface area contributed by atoms with E-state index in [2.05, 4.69) is 36.1 Å². The molecular formula is C13H11OS2. The molecule has 3 rings (SSSR count). The molecule has 1 nitrogen and oxygen atoms in total. The molecule has 1 aliphatic rings. The predicted molar refractivity (Wildman–Crippen MR) is 69.3 cm³/mol. The average Bonchev–Trinajstić information content (AvgIpc) is 2.82. The van der Waals surface area contributed by atoms with Gasteiger partial charge in [0.15, 0.2) is 0 Å². The van der Waals surface area contributed by atoms with Crippen molar-refractivity contribution in [1.29, 1.82) is 0 Å². The number of rotatable bonds is 2. The number of hydrogen-bond donors (Lipinski definition) is 0. The Hall–Kier alpha value is -0.930. The smallest absolute Gasteiger partial charge is 0.133 e. The minimum absolute atomic E-state index is 0.193. The maximum Gasteiger partial charge on any atom is 0.133 e. The monoisotopic (exact) mass is 247 g/mol. The summed E-state index contributed by atoms with van der Waals surface area (Å²) in [7, 11) is 0. The maximum absolute atomic E-state index is 5.94. The lowest BCUT2D eigenvalue weighted by Crippen LogP contribution is -2.23. The molecule has 0 aliphatic carbocycles. The van der Waals surface area contributed by atoms with Gasteiger partial charge in [0.2, 0.25) is 0 Å². The summed E-state index contributed by atoms with van der Waals surface area (Å²) in [6.45, 7) is 0. The van der Waals surface area contributed by atoms with Crippen LogP contribution in [-0.2, 0) is 0 Å². The molecule has 1 aromatic heterocycles. The summed E-state index contributed by atoms with van der Waals surface area (Å²) in [5, 5.41) is 2.09. The highest BCUT2D eigenvalue weighted by molar-refractivity contribution is 7.99. The quantitative estimate of drug-likeness (QED) is 0.797. The van der Waals surface area contributed by atoms with Crippen molar-refractivity contribution in [1.82, 2.24) is 0 Å². The summed E-state index contributed by atoms with van der Waals surface area (Å²) < 4.78 is 5.94. The minimum atomic E-state index is 0.193. The molecular weight excluding hydrogens is 236 g/mol. The Kier molecular flexibility index (Phi) is 2.89. The van der Waals surface area contributed by atoms with E-state index in [0.29, 0.717) is 0 Å². The van der Waals surface area contributed by atoms with E-state index >= 15 is 0 Å². The summed E-state index contributed by atoms with van der Waals surface area (Å²) in [5.41, 5.74) is 0. The maximum atomic E-state index is 5.94.